The molecule has 0 fully saturated rings. The summed E-state index contributed by atoms with van der Waals surface area (Å²) in [6, 6.07) is 13.3. The van der Waals surface area contributed by atoms with Crippen molar-refractivity contribution in [2.45, 2.75) is 0 Å². The van der Waals surface area contributed by atoms with E-state index in [9.17, 15) is 15.0 Å². The minimum Gasteiger partial charge on any atom is -0.504 e. The van der Waals surface area contributed by atoms with Crippen LogP contribution in [-0.2, 0) is 0 Å². The van der Waals surface area contributed by atoms with Crippen LogP contribution in [0.2, 0.25) is 5.02 Å². The van der Waals surface area contributed by atoms with Crippen LogP contribution in [0.15, 0.2) is 48.5 Å². The number of pyridine rings is 1. The number of H-pyrrole nitrogens is 1. The number of aromatic amines is 1. The zero-order chi connectivity index (χ0) is 19.8. The zero-order valence-corrected chi connectivity index (χ0v) is 15.4. The lowest BCUT2D eigenvalue weighted by atomic mass is 10.0. The maximum atomic E-state index is 12.0. The number of nitrogens with zero attached hydrogens (tertiary/aromatic N) is 2. The Kier molecular flexibility index (Phi) is 4.37. The van der Waals surface area contributed by atoms with E-state index >= 15 is 0 Å². The highest BCUT2D eigenvalue weighted by Crippen LogP contribution is 2.38. The normalized spacial score (nSPS) is 10.9. The fourth-order valence-electron chi connectivity index (χ4n) is 3.05. The Bertz CT molecular complexity index is 1200. The molecule has 0 aliphatic rings. The third kappa shape index (κ3) is 2.91. The van der Waals surface area contributed by atoms with Gasteiger partial charge in [0.1, 0.15) is 0 Å². The second-order valence-electron chi connectivity index (χ2n) is 6.02. The fraction of sp³-hybridized carbons (Fsp3) is 0.0500. The number of halogens is 1. The molecule has 4 rings (SSSR count). The summed E-state index contributed by atoms with van der Waals surface area (Å²) < 4.78 is 5.12. The average molecular weight is 396 g/mol. The first-order valence-corrected chi connectivity index (χ1v) is 8.62. The van der Waals surface area contributed by atoms with Crippen LogP contribution in [0, 0.1) is 0 Å². The number of phenols is 1. The van der Waals surface area contributed by atoms with Gasteiger partial charge >= 0.3 is 5.97 Å². The van der Waals surface area contributed by atoms with E-state index in [4.69, 9.17) is 16.3 Å². The van der Waals surface area contributed by atoms with Crippen LogP contribution in [-0.4, -0.2) is 38.5 Å². The molecule has 0 bridgehead atoms. The van der Waals surface area contributed by atoms with Crippen molar-refractivity contribution in [1.82, 2.24) is 15.2 Å². The van der Waals surface area contributed by atoms with E-state index in [0.717, 1.165) is 5.56 Å². The van der Waals surface area contributed by atoms with Gasteiger partial charge in [-0.05, 0) is 30.3 Å². The maximum Gasteiger partial charge on any atom is 0.336 e. The van der Waals surface area contributed by atoms with E-state index in [1.807, 2.05) is 0 Å². The van der Waals surface area contributed by atoms with Crippen molar-refractivity contribution in [3.8, 4) is 34.0 Å². The number of carboxylic acid groups (broad SMARTS) is 1. The van der Waals surface area contributed by atoms with Crippen molar-refractivity contribution in [3.63, 3.8) is 0 Å². The lowest BCUT2D eigenvalue weighted by molar-refractivity contribution is 0.0699. The number of fused-ring (bicyclic) bond motifs is 1. The van der Waals surface area contributed by atoms with Crippen molar-refractivity contribution >= 4 is 28.6 Å². The predicted molar refractivity (Wildman–Crippen MR) is 105 cm³/mol. The number of carbonyl (C=O) groups is 1. The SMILES string of the molecule is COc1cccc(-c2cc(C(=O)O)c3c(-c4ccc(Cl)cc4)[nH]nc3n2)c1O. The first kappa shape index (κ1) is 17.8. The summed E-state index contributed by atoms with van der Waals surface area (Å²) in [6.45, 7) is 0. The number of hydrogen-bond acceptors (Lipinski definition) is 5. The number of aromatic carboxylic acids is 1. The summed E-state index contributed by atoms with van der Waals surface area (Å²) in [7, 11) is 1.43. The molecular weight excluding hydrogens is 382 g/mol. The van der Waals surface area contributed by atoms with Gasteiger partial charge in [-0.3, -0.25) is 5.10 Å². The van der Waals surface area contributed by atoms with Crippen LogP contribution in [0.4, 0.5) is 0 Å². The Balaban J connectivity index is 1.96. The number of methoxy groups -OCH3 is 1. The summed E-state index contributed by atoms with van der Waals surface area (Å²) in [5.41, 5.74) is 2.12. The molecule has 0 aliphatic carbocycles. The lowest BCUT2D eigenvalue weighted by Gasteiger charge is -2.09. The Hall–Kier alpha value is -3.58. The average Bonchev–Trinajstić information content (AvgIpc) is 3.12. The largest absolute Gasteiger partial charge is 0.504 e. The number of rotatable bonds is 4. The van der Waals surface area contributed by atoms with Crippen LogP contribution in [0.5, 0.6) is 11.5 Å². The van der Waals surface area contributed by atoms with E-state index in [-0.39, 0.29) is 28.4 Å². The number of para-hydroxylation sites is 1. The highest BCUT2D eigenvalue weighted by Gasteiger charge is 2.21. The smallest absolute Gasteiger partial charge is 0.336 e. The number of hydrogen-bond donors (Lipinski definition) is 3. The molecule has 7 nitrogen and oxygen atoms in total. The minimum atomic E-state index is -1.13. The highest BCUT2D eigenvalue weighted by atomic mass is 35.5. The molecule has 0 atom stereocenters. The number of aromatic hydroxyl groups is 1. The molecule has 0 spiro atoms. The van der Waals surface area contributed by atoms with E-state index < -0.39 is 5.97 Å². The summed E-state index contributed by atoms with van der Waals surface area (Å²) in [5.74, 6) is -0.991. The summed E-state index contributed by atoms with van der Waals surface area (Å²) in [4.78, 5) is 16.4. The summed E-state index contributed by atoms with van der Waals surface area (Å²) in [6.07, 6.45) is 0. The molecule has 0 saturated heterocycles. The summed E-state index contributed by atoms with van der Waals surface area (Å²) >= 11 is 5.93. The van der Waals surface area contributed by atoms with Crippen LogP contribution in [0.25, 0.3) is 33.5 Å². The Morgan fingerprint density at radius 1 is 1.18 bits per heavy atom. The van der Waals surface area contributed by atoms with Gasteiger partial charge in [0.05, 0.1) is 29.4 Å². The molecule has 2 heterocycles. The molecule has 0 saturated carbocycles. The van der Waals surface area contributed by atoms with E-state index in [1.54, 1.807) is 42.5 Å². The van der Waals surface area contributed by atoms with Gasteiger partial charge in [0.25, 0.3) is 0 Å². The molecule has 0 amide bonds. The van der Waals surface area contributed by atoms with E-state index in [0.29, 0.717) is 21.7 Å². The van der Waals surface area contributed by atoms with Crippen molar-refractivity contribution < 1.29 is 19.7 Å². The minimum absolute atomic E-state index is 0.0147. The van der Waals surface area contributed by atoms with Gasteiger partial charge in [-0.25, -0.2) is 9.78 Å². The topological polar surface area (TPSA) is 108 Å². The molecule has 4 aromatic rings. The second kappa shape index (κ2) is 6.86. The fourth-order valence-corrected chi connectivity index (χ4v) is 3.18. The highest BCUT2D eigenvalue weighted by molar-refractivity contribution is 6.30. The third-order valence-corrected chi connectivity index (χ3v) is 4.63. The molecule has 140 valence electrons. The second-order valence-corrected chi connectivity index (χ2v) is 6.46. The molecule has 28 heavy (non-hydrogen) atoms. The predicted octanol–water partition coefficient (Wildman–Crippen LogP) is 4.36. The molecule has 3 N–H and O–H groups in total. The van der Waals surface area contributed by atoms with Crippen LogP contribution in [0.3, 0.4) is 0 Å². The standard InChI is InChI=1S/C20H14ClN3O4/c1-28-15-4-2-3-12(18(15)25)14-9-13(20(26)27)16-17(23-24-19(16)22-14)10-5-7-11(21)8-6-10/h2-9,25H,1H3,(H,26,27)(H,22,23,24). The van der Waals surface area contributed by atoms with Crippen LogP contribution in [0.1, 0.15) is 10.4 Å². The van der Waals surface area contributed by atoms with Crippen LogP contribution >= 0.6 is 11.6 Å². The molecule has 0 radical (unpaired) electrons. The number of phenolic OH excluding ortho intramolecular Hbond substituents is 1. The molecule has 0 unspecified atom stereocenters. The van der Waals surface area contributed by atoms with Gasteiger partial charge in [-0.2, -0.15) is 5.10 Å². The molecular formula is C20H14ClN3O4. The molecule has 8 heteroatoms. The Morgan fingerprint density at radius 3 is 2.61 bits per heavy atom. The number of carboxylic acids is 1. The van der Waals surface area contributed by atoms with Crippen molar-refractivity contribution in [1.29, 1.82) is 0 Å². The van der Waals surface area contributed by atoms with E-state index in [1.165, 1.54) is 13.2 Å². The molecule has 2 aromatic heterocycles. The van der Waals surface area contributed by atoms with Gasteiger partial charge in [-0.15, -0.1) is 0 Å². The number of nitrogens with one attached hydrogen (secondary N) is 1. The van der Waals surface area contributed by atoms with Crippen molar-refractivity contribution in [3.05, 3.63) is 59.1 Å². The molecule has 2 aromatic carbocycles. The summed E-state index contributed by atoms with van der Waals surface area (Å²) in [5, 5.41) is 28.2. The quantitative estimate of drug-likeness (QED) is 0.474. The van der Waals surface area contributed by atoms with Crippen LogP contribution < -0.4 is 4.74 Å². The number of aromatic nitrogens is 3. The van der Waals surface area contributed by atoms with Gasteiger partial charge in [0.2, 0.25) is 0 Å². The zero-order valence-electron chi connectivity index (χ0n) is 14.6. The lowest BCUT2D eigenvalue weighted by Crippen LogP contribution is -2.00. The third-order valence-electron chi connectivity index (χ3n) is 4.38. The van der Waals surface area contributed by atoms with Gasteiger partial charge in [0, 0.05) is 16.1 Å². The molecule has 0 aliphatic heterocycles. The van der Waals surface area contributed by atoms with Crippen molar-refractivity contribution in [2.24, 2.45) is 0 Å². The monoisotopic (exact) mass is 395 g/mol. The Morgan fingerprint density at radius 2 is 1.93 bits per heavy atom. The Labute approximate surface area is 164 Å². The number of ether oxygens (including phenoxy) is 1. The maximum absolute atomic E-state index is 12.0. The first-order chi connectivity index (χ1) is 13.5. The van der Waals surface area contributed by atoms with Gasteiger partial charge in [0.15, 0.2) is 17.1 Å². The van der Waals surface area contributed by atoms with Gasteiger partial charge < -0.3 is 14.9 Å². The van der Waals surface area contributed by atoms with E-state index in [2.05, 4.69) is 15.2 Å². The van der Waals surface area contributed by atoms with Crippen molar-refractivity contribution in [2.75, 3.05) is 7.11 Å². The van der Waals surface area contributed by atoms with Gasteiger partial charge in [-0.1, -0.05) is 29.8 Å². The first-order valence-electron chi connectivity index (χ1n) is 8.24. The number of benzene rings is 2.